The lowest BCUT2D eigenvalue weighted by atomic mass is 9.69. The van der Waals surface area contributed by atoms with Gasteiger partial charge in [0.2, 0.25) is 11.8 Å². The molecule has 0 aromatic carbocycles. The molecule has 1 saturated carbocycles. The van der Waals surface area contributed by atoms with E-state index in [1.165, 1.54) is 51.6 Å². The summed E-state index contributed by atoms with van der Waals surface area (Å²) in [5.74, 6) is 2.20. The van der Waals surface area contributed by atoms with Crippen LogP contribution in [0.3, 0.4) is 0 Å². The van der Waals surface area contributed by atoms with Gasteiger partial charge in [0.25, 0.3) is 0 Å². The molecule has 0 spiro atoms. The van der Waals surface area contributed by atoms with Crippen LogP contribution in [-0.2, 0) is 14.3 Å². The monoisotopic (exact) mass is 391 g/mol. The quantitative estimate of drug-likeness (QED) is 0.688. The van der Waals surface area contributed by atoms with E-state index < -0.39 is 0 Å². The molecular formula is C22H37N3O3. The standard InChI is InChI=1S/C22H37N3O3/c1-28-15-21(27)25-14-17-5-3-11-24-12-4-6-18(22(17)24)19(25)7-2-8-20(26)23-13-16-9-10-16/h16-19,22H,2-15H2,1H3,(H,23,26)/t17-,18+,19+,22-/m0/s1. The summed E-state index contributed by atoms with van der Waals surface area (Å²) in [5.41, 5.74) is 0. The predicted molar refractivity (Wildman–Crippen MR) is 108 cm³/mol. The fourth-order valence-electron chi connectivity index (χ4n) is 6.00. The van der Waals surface area contributed by atoms with E-state index in [9.17, 15) is 9.59 Å². The van der Waals surface area contributed by atoms with Crippen molar-refractivity contribution in [3.05, 3.63) is 0 Å². The van der Waals surface area contributed by atoms with Crippen molar-refractivity contribution < 1.29 is 14.3 Å². The number of nitrogens with one attached hydrogen (secondary N) is 1. The molecule has 0 radical (unpaired) electrons. The number of rotatable bonds is 8. The molecule has 3 saturated heterocycles. The summed E-state index contributed by atoms with van der Waals surface area (Å²) in [6, 6.07) is 0.906. The number of ether oxygens (including phenoxy) is 1. The number of carbonyl (C=O) groups excluding carboxylic acids is 2. The zero-order valence-corrected chi connectivity index (χ0v) is 17.4. The van der Waals surface area contributed by atoms with Crippen LogP contribution in [0.2, 0.25) is 0 Å². The van der Waals surface area contributed by atoms with Gasteiger partial charge < -0.3 is 15.0 Å². The topological polar surface area (TPSA) is 61.9 Å². The van der Waals surface area contributed by atoms with E-state index in [-0.39, 0.29) is 24.5 Å². The molecule has 158 valence electrons. The smallest absolute Gasteiger partial charge is 0.248 e. The molecule has 3 aliphatic heterocycles. The molecule has 4 fully saturated rings. The maximum atomic E-state index is 12.8. The van der Waals surface area contributed by atoms with Crippen molar-refractivity contribution in [2.45, 2.75) is 69.9 Å². The Morgan fingerprint density at radius 1 is 1.11 bits per heavy atom. The zero-order chi connectivity index (χ0) is 19.5. The molecular weight excluding hydrogens is 354 g/mol. The van der Waals surface area contributed by atoms with Gasteiger partial charge in [-0.15, -0.1) is 0 Å². The predicted octanol–water partition coefficient (Wildman–Crippen LogP) is 2.03. The lowest BCUT2D eigenvalue weighted by molar-refractivity contribution is -0.150. The fraction of sp³-hybridized carbons (Fsp3) is 0.909. The van der Waals surface area contributed by atoms with Crippen molar-refractivity contribution >= 4 is 11.8 Å². The van der Waals surface area contributed by atoms with E-state index in [0.29, 0.717) is 24.3 Å². The lowest BCUT2D eigenvalue weighted by Crippen LogP contribution is -2.65. The maximum absolute atomic E-state index is 12.8. The molecule has 4 rings (SSSR count). The van der Waals surface area contributed by atoms with Crippen molar-refractivity contribution in [3.8, 4) is 0 Å². The van der Waals surface area contributed by atoms with Crippen LogP contribution < -0.4 is 5.32 Å². The van der Waals surface area contributed by atoms with Crippen LogP contribution in [0.1, 0.15) is 57.8 Å². The normalized spacial score (nSPS) is 32.7. The highest BCUT2D eigenvalue weighted by molar-refractivity contribution is 5.78. The SMILES string of the molecule is COCC(=O)N1C[C@@H]2CCCN3CCC[C@@H]([C@H]23)[C@H]1CCCC(=O)NCC1CC1. The van der Waals surface area contributed by atoms with Gasteiger partial charge in [0, 0.05) is 38.7 Å². The molecule has 2 amide bonds. The van der Waals surface area contributed by atoms with Crippen molar-refractivity contribution in [1.29, 1.82) is 0 Å². The van der Waals surface area contributed by atoms with Gasteiger partial charge in [0.1, 0.15) is 6.61 Å². The molecule has 6 heteroatoms. The minimum Gasteiger partial charge on any atom is -0.375 e. The first kappa shape index (κ1) is 20.1. The third-order valence-corrected chi connectivity index (χ3v) is 7.45. The van der Waals surface area contributed by atoms with Crippen molar-refractivity contribution in [2.24, 2.45) is 17.8 Å². The molecule has 3 heterocycles. The molecule has 1 N–H and O–H groups in total. The number of carbonyl (C=O) groups is 2. The van der Waals surface area contributed by atoms with Crippen molar-refractivity contribution in [1.82, 2.24) is 15.1 Å². The second-order valence-corrected chi connectivity index (χ2v) is 9.42. The van der Waals surface area contributed by atoms with Gasteiger partial charge in [-0.25, -0.2) is 0 Å². The number of hydrogen-bond donors (Lipinski definition) is 1. The number of methoxy groups -OCH3 is 1. The Hall–Kier alpha value is -1.14. The van der Waals surface area contributed by atoms with Gasteiger partial charge in [-0.05, 0) is 82.2 Å². The average molecular weight is 392 g/mol. The van der Waals surface area contributed by atoms with Crippen LogP contribution in [0.25, 0.3) is 0 Å². The number of piperidine rings is 3. The van der Waals surface area contributed by atoms with Crippen LogP contribution in [0.5, 0.6) is 0 Å². The third kappa shape index (κ3) is 4.54. The molecule has 0 unspecified atom stereocenters. The van der Waals surface area contributed by atoms with Crippen LogP contribution in [0.4, 0.5) is 0 Å². The Balaban J connectivity index is 1.39. The Kier molecular flexibility index (Phi) is 6.56. The molecule has 6 nitrogen and oxygen atoms in total. The first-order chi connectivity index (χ1) is 13.7. The Labute approximate surface area is 169 Å². The van der Waals surface area contributed by atoms with E-state index in [4.69, 9.17) is 4.74 Å². The molecule has 1 aliphatic carbocycles. The summed E-state index contributed by atoms with van der Waals surface area (Å²) in [5, 5.41) is 3.08. The molecule has 28 heavy (non-hydrogen) atoms. The summed E-state index contributed by atoms with van der Waals surface area (Å²) in [7, 11) is 1.60. The summed E-state index contributed by atoms with van der Waals surface area (Å²) < 4.78 is 5.18. The molecule has 0 aromatic heterocycles. The van der Waals surface area contributed by atoms with E-state index >= 15 is 0 Å². The van der Waals surface area contributed by atoms with Crippen molar-refractivity contribution in [3.63, 3.8) is 0 Å². The minimum atomic E-state index is 0.131. The fourth-order valence-corrected chi connectivity index (χ4v) is 6.00. The highest BCUT2D eigenvalue weighted by atomic mass is 16.5. The average Bonchev–Trinajstić information content (AvgIpc) is 3.53. The minimum absolute atomic E-state index is 0.131. The van der Waals surface area contributed by atoms with Crippen molar-refractivity contribution in [2.75, 3.05) is 39.9 Å². The highest BCUT2D eigenvalue weighted by Crippen LogP contribution is 2.43. The van der Waals surface area contributed by atoms with Crippen LogP contribution in [-0.4, -0.2) is 73.6 Å². The van der Waals surface area contributed by atoms with Gasteiger partial charge in [0.15, 0.2) is 0 Å². The van der Waals surface area contributed by atoms with E-state index in [0.717, 1.165) is 31.8 Å². The maximum Gasteiger partial charge on any atom is 0.248 e. The summed E-state index contributed by atoms with van der Waals surface area (Å²) in [6.07, 6.45) is 9.86. The second-order valence-electron chi connectivity index (χ2n) is 9.42. The van der Waals surface area contributed by atoms with Crippen LogP contribution in [0.15, 0.2) is 0 Å². The van der Waals surface area contributed by atoms with Gasteiger partial charge in [-0.1, -0.05) is 0 Å². The number of likely N-dealkylation sites (tertiary alicyclic amines) is 1. The molecule has 0 aromatic rings. The van der Waals surface area contributed by atoms with Crippen LogP contribution >= 0.6 is 0 Å². The molecule has 4 atom stereocenters. The largest absolute Gasteiger partial charge is 0.375 e. The van der Waals surface area contributed by atoms with Gasteiger partial charge >= 0.3 is 0 Å². The molecule has 4 aliphatic rings. The summed E-state index contributed by atoms with van der Waals surface area (Å²) in [4.78, 5) is 29.8. The number of hydrogen-bond acceptors (Lipinski definition) is 4. The highest BCUT2D eigenvalue weighted by Gasteiger charge is 2.49. The lowest BCUT2D eigenvalue weighted by Gasteiger charge is -2.57. The first-order valence-corrected chi connectivity index (χ1v) is 11.5. The van der Waals surface area contributed by atoms with Gasteiger partial charge in [0.05, 0.1) is 0 Å². The van der Waals surface area contributed by atoms with E-state index in [2.05, 4.69) is 15.1 Å². The Morgan fingerprint density at radius 2 is 1.89 bits per heavy atom. The second kappa shape index (κ2) is 9.12. The first-order valence-electron chi connectivity index (χ1n) is 11.5. The van der Waals surface area contributed by atoms with E-state index in [1.807, 2.05) is 0 Å². The third-order valence-electron chi connectivity index (χ3n) is 7.45. The van der Waals surface area contributed by atoms with Gasteiger partial charge in [-0.3, -0.25) is 14.5 Å². The summed E-state index contributed by atoms with van der Waals surface area (Å²) in [6.45, 7) is 4.34. The Morgan fingerprint density at radius 3 is 2.64 bits per heavy atom. The number of amides is 2. The zero-order valence-electron chi connectivity index (χ0n) is 17.4. The summed E-state index contributed by atoms with van der Waals surface area (Å²) >= 11 is 0. The van der Waals surface area contributed by atoms with Crippen LogP contribution in [0, 0.1) is 17.8 Å². The van der Waals surface area contributed by atoms with Gasteiger partial charge in [-0.2, -0.15) is 0 Å². The number of nitrogens with zero attached hydrogens (tertiary/aromatic N) is 2. The Bertz CT molecular complexity index is 563. The molecule has 0 bridgehead atoms. The van der Waals surface area contributed by atoms with E-state index in [1.54, 1.807) is 7.11 Å².